The fraction of sp³-hybridized carbons (Fsp3) is 0.750. The third kappa shape index (κ3) is 2.07. The van der Waals surface area contributed by atoms with Crippen LogP contribution in [0.2, 0.25) is 0 Å². The van der Waals surface area contributed by atoms with Crippen molar-refractivity contribution < 1.29 is 4.79 Å². The van der Waals surface area contributed by atoms with Gasteiger partial charge in [0, 0.05) is 32.1 Å². The summed E-state index contributed by atoms with van der Waals surface area (Å²) < 4.78 is 1.91. The Labute approximate surface area is 108 Å². The fourth-order valence-corrected chi connectivity index (χ4v) is 2.04. The standard InChI is InChI=1S/C12H21N5O/c1-8(2)10-13-11(14-17(10)9(3)4)16-7-6-15(5)12(16)18/h8-9H,6-7H2,1-5H3. The van der Waals surface area contributed by atoms with Gasteiger partial charge in [0.05, 0.1) is 0 Å². The van der Waals surface area contributed by atoms with Crippen molar-refractivity contribution in [1.29, 1.82) is 0 Å². The Kier molecular flexibility index (Phi) is 3.28. The van der Waals surface area contributed by atoms with Crippen LogP contribution >= 0.6 is 0 Å². The van der Waals surface area contributed by atoms with Crippen molar-refractivity contribution in [2.24, 2.45) is 0 Å². The lowest BCUT2D eigenvalue weighted by Gasteiger charge is -2.11. The zero-order valence-electron chi connectivity index (χ0n) is 11.7. The lowest BCUT2D eigenvalue weighted by Crippen LogP contribution is -2.30. The van der Waals surface area contributed by atoms with Crippen LogP contribution in [0.15, 0.2) is 0 Å². The lowest BCUT2D eigenvalue weighted by molar-refractivity contribution is 0.229. The molecule has 0 radical (unpaired) electrons. The summed E-state index contributed by atoms with van der Waals surface area (Å²) in [5.41, 5.74) is 0. The van der Waals surface area contributed by atoms with Gasteiger partial charge in [-0.25, -0.2) is 9.48 Å². The van der Waals surface area contributed by atoms with Crippen LogP contribution < -0.4 is 4.90 Å². The number of amides is 2. The molecule has 0 bridgehead atoms. The van der Waals surface area contributed by atoms with Crippen LogP contribution in [0.4, 0.5) is 10.7 Å². The van der Waals surface area contributed by atoms with Gasteiger partial charge in [0.25, 0.3) is 5.95 Å². The number of carbonyl (C=O) groups excluding carboxylic acids is 1. The normalized spacial score (nSPS) is 16.5. The quantitative estimate of drug-likeness (QED) is 0.824. The minimum Gasteiger partial charge on any atom is -0.326 e. The maximum atomic E-state index is 11.9. The molecular formula is C12H21N5O. The summed E-state index contributed by atoms with van der Waals surface area (Å²) in [6.45, 7) is 9.71. The van der Waals surface area contributed by atoms with Crippen LogP contribution in [0.5, 0.6) is 0 Å². The van der Waals surface area contributed by atoms with E-state index >= 15 is 0 Å². The van der Waals surface area contributed by atoms with Crippen LogP contribution in [0.3, 0.4) is 0 Å². The zero-order chi connectivity index (χ0) is 13.4. The van der Waals surface area contributed by atoms with Crippen LogP contribution in [-0.2, 0) is 0 Å². The number of rotatable bonds is 3. The highest BCUT2D eigenvalue weighted by Gasteiger charge is 2.30. The third-order valence-corrected chi connectivity index (χ3v) is 3.11. The second-order valence-corrected chi connectivity index (χ2v) is 5.32. The van der Waals surface area contributed by atoms with Crippen LogP contribution in [0.1, 0.15) is 45.5 Å². The summed E-state index contributed by atoms with van der Waals surface area (Å²) in [6.07, 6.45) is 0. The van der Waals surface area contributed by atoms with Gasteiger partial charge in [-0.3, -0.25) is 4.90 Å². The van der Waals surface area contributed by atoms with Crippen molar-refractivity contribution in [3.63, 3.8) is 0 Å². The SMILES string of the molecule is CC(C)c1nc(N2CCN(C)C2=O)nn1C(C)C. The summed E-state index contributed by atoms with van der Waals surface area (Å²) in [4.78, 5) is 19.8. The Hall–Kier alpha value is -1.59. The van der Waals surface area contributed by atoms with Gasteiger partial charge in [-0.2, -0.15) is 4.98 Å². The molecule has 0 aromatic carbocycles. The molecule has 0 spiro atoms. The molecule has 18 heavy (non-hydrogen) atoms. The highest BCUT2D eigenvalue weighted by molar-refractivity contribution is 5.92. The molecule has 2 heterocycles. The van der Waals surface area contributed by atoms with Crippen molar-refractivity contribution >= 4 is 12.0 Å². The number of likely N-dealkylation sites (N-methyl/N-ethyl adjacent to an activating group) is 1. The van der Waals surface area contributed by atoms with E-state index in [1.165, 1.54) is 0 Å². The first-order valence-corrected chi connectivity index (χ1v) is 6.41. The van der Waals surface area contributed by atoms with Crippen molar-refractivity contribution in [1.82, 2.24) is 19.7 Å². The zero-order valence-corrected chi connectivity index (χ0v) is 11.7. The molecule has 1 aliphatic heterocycles. The molecule has 0 saturated carbocycles. The van der Waals surface area contributed by atoms with Crippen molar-refractivity contribution in [3.05, 3.63) is 5.82 Å². The van der Waals surface area contributed by atoms with Crippen LogP contribution in [0, 0.1) is 0 Å². The van der Waals surface area contributed by atoms with Gasteiger partial charge in [0.2, 0.25) is 0 Å². The van der Waals surface area contributed by atoms with Gasteiger partial charge in [-0.15, -0.1) is 5.10 Å². The van der Waals surface area contributed by atoms with Gasteiger partial charge < -0.3 is 4.90 Å². The van der Waals surface area contributed by atoms with Gasteiger partial charge in [0.15, 0.2) is 0 Å². The first-order chi connectivity index (χ1) is 8.41. The average Bonchev–Trinajstić information content (AvgIpc) is 2.85. The Morgan fingerprint density at radius 1 is 1.17 bits per heavy atom. The topological polar surface area (TPSA) is 54.3 Å². The first-order valence-electron chi connectivity index (χ1n) is 6.41. The summed E-state index contributed by atoms with van der Waals surface area (Å²) in [5, 5.41) is 4.48. The van der Waals surface area contributed by atoms with Gasteiger partial charge >= 0.3 is 6.03 Å². The monoisotopic (exact) mass is 251 g/mol. The van der Waals surface area contributed by atoms with E-state index in [1.54, 1.807) is 16.8 Å². The van der Waals surface area contributed by atoms with Gasteiger partial charge in [-0.05, 0) is 13.8 Å². The second-order valence-electron chi connectivity index (χ2n) is 5.32. The Bertz CT molecular complexity index is 426. The molecule has 1 saturated heterocycles. The summed E-state index contributed by atoms with van der Waals surface area (Å²) in [7, 11) is 1.80. The molecule has 2 rings (SSSR count). The number of carbonyl (C=O) groups is 1. The van der Waals surface area contributed by atoms with E-state index in [2.05, 4.69) is 37.8 Å². The molecule has 1 fully saturated rings. The molecule has 0 atom stereocenters. The largest absolute Gasteiger partial charge is 0.326 e. The highest BCUT2D eigenvalue weighted by atomic mass is 16.2. The Morgan fingerprint density at radius 3 is 2.22 bits per heavy atom. The van der Waals surface area contributed by atoms with Crippen LogP contribution in [0.25, 0.3) is 0 Å². The molecule has 1 aromatic heterocycles. The second kappa shape index (κ2) is 4.59. The van der Waals surface area contributed by atoms with Gasteiger partial charge in [-0.1, -0.05) is 13.8 Å². The number of anilines is 1. The van der Waals surface area contributed by atoms with E-state index in [0.717, 1.165) is 12.4 Å². The summed E-state index contributed by atoms with van der Waals surface area (Å²) in [6, 6.07) is 0.227. The smallest absolute Gasteiger partial charge is 0.326 e. The van der Waals surface area contributed by atoms with Crippen molar-refractivity contribution in [3.8, 4) is 0 Å². The van der Waals surface area contributed by atoms with Crippen molar-refractivity contribution in [2.45, 2.75) is 39.7 Å². The third-order valence-electron chi connectivity index (χ3n) is 3.11. The predicted octanol–water partition coefficient (Wildman–Crippen LogP) is 1.85. The molecular weight excluding hydrogens is 230 g/mol. The molecule has 100 valence electrons. The average molecular weight is 251 g/mol. The molecule has 6 heteroatoms. The van der Waals surface area contributed by atoms with Gasteiger partial charge in [0.1, 0.15) is 5.82 Å². The van der Waals surface area contributed by atoms with E-state index in [9.17, 15) is 4.79 Å². The van der Waals surface area contributed by atoms with Crippen LogP contribution in [-0.4, -0.2) is 45.8 Å². The first kappa shape index (κ1) is 12.9. The molecule has 1 aliphatic rings. The number of hydrogen-bond donors (Lipinski definition) is 0. The van der Waals surface area contributed by atoms with Crippen molar-refractivity contribution in [2.75, 3.05) is 25.0 Å². The number of hydrogen-bond acceptors (Lipinski definition) is 3. The predicted molar refractivity (Wildman–Crippen MR) is 69.9 cm³/mol. The summed E-state index contributed by atoms with van der Waals surface area (Å²) >= 11 is 0. The van der Waals surface area contributed by atoms with E-state index in [-0.39, 0.29) is 12.1 Å². The molecule has 0 unspecified atom stereocenters. The Morgan fingerprint density at radius 2 is 1.83 bits per heavy atom. The van der Waals surface area contributed by atoms with E-state index in [1.807, 2.05) is 4.68 Å². The number of aromatic nitrogens is 3. The fourth-order valence-electron chi connectivity index (χ4n) is 2.04. The molecule has 1 aromatic rings. The summed E-state index contributed by atoms with van der Waals surface area (Å²) in [5.74, 6) is 1.76. The molecule has 0 aliphatic carbocycles. The molecule has 2 amide bonds. The van der Waals surface area contributed by atoms with E-state index in [4.69, 9.17) is 0 Å². The minimum atomic E-state index is -0.0220. The van der Waals surface area contributed by atoms with E-state index < -0.39 is 0 Å². The maximum Gasteiger partial charge on any atom is 0.326 e. The number of nitrogens with zero attached hydrogens (tertiary/aromatic N) is 5. The lowest BCUT2D eigenvalue weighted by atomic mass is 10.2. The Balaban J connectivity index is 2.35. The molecule has 6 nitrogen and oxygen atoms in total. The minimum absolute atomic E-state index is 0.0220. The maximum absolute atomic E-state index is 11.9. The van der Waals surface area contributed by atoms with E-state index in [0.29, 0.717) is 18.4 Å². The highest BCUT2D eigenvalue weighted by Crippen LogP contribution is 2.22. The molecule has 0 N–H and O–H groups in total. The number of urea groups is 1.